The van der Waals surface area contributed by atoms with Crippen molar-refractivity contribution in [2.75, 3.05) is 0 Å². The predicted octanol–water partition coefficient (Wildman–Crippen LogP) is 3.58. The van der Waals surface area contributed by atoms with Crippen molar-refractivity contribution in [3.63, 3.8) is 0 Å². The van der Waals surface area contributed by atoms with Crippen molar-refractivity contribution in [3.8, 4) is 11.5 Å². The van der Waals surface area contributed by atoms with E-state index in [1.807, 2.05) is 0 Å². The van der Waals surface area contributed by atoms with Crippen molar-refractivity contribution in [3.05, 3.63) is 39.5 Å². The SMILES string of the molecule is CC(C)NCc1coc(-c2ccc(F)cc2I)n1. The molecule has 2 aromatic rings. The van der Waals surface area contributed by atoms with E-state index in [9.17, 15) is 4.39 Å². The number of halogens is 2. The van der Waals surface area contributed by atoms with Crippen LogP contribution in [0.5, 0.6) is 0 Å². The minimum atomic E-state index is -0.253. The van der Waals surface area contributed by atoms with Crippen LogP contribution >= 0.6 is 22.6 Å². The monoisotopic (exact) mass is 360 g/mol. The Morgan fingerprint density at radius 3 is 2.89 bits per heavy atom. The number of oxazole rings is 1. The number of nitrogens with one attached hydrogen (secondary N) is 1. The number of nitrogens with zero attached hydrogens (tertiary/aromatic N) is 1. The van der Waals surface area contributed by atoms with E-state index in [4.69, 9.17) is 4.42 Å². The summed E-state index contributed by atoms with van der Waals surface area (Å²) in [4.78, 5) is 4.39. The fourth-order valence-electron chi connectivity index (χ4n) is 1.48. The lowest BCUT2D eigenvalue weighted by atomic mass is 10.2. The molecular formula is C13H14FIN2O. The third kappa shape index (κ3) is 3.29. The van der Waals surface area contributed by atoms with Crippen LogP contribution in [-0.4, -0.2) is 11.0 Å². The highest BCUT2D eigenvalue weighted by Gasteiger charge is 2.10. The maximum absolute atomic E-state index is 13.0. The molecular weight excluding hydrogens is 346 g/mol. The van der Waals surface area contributed by atoms with Crippen LogP contribution in [-0.2, 0) is 6.54 Å². The van der Waals surface area contributed by atoms with E-state index in [0.29, 0.717) is 18.5 Å². The Balaban J connectivity index is 2.18. The second kappa shape index (κ2) is 5.79. The molecule has 1 heterocycles. The van der Waals surface area contributed by atoms with Gasteiger partial charge in [-0.3, -0.25) is 0 Å². The van der Waals surface area contributed by atoms with Crippen LogP contribution in [0.2, 0.25) is 0 Å². The zero-order valence-electron chi connectivity index (χ0n) is 10.2. The first-order chi connectivity index (χ1) is 8.56. The number of benzene rings is 1. The van der Waals surface area contributed by atoms with E-state index in [1.165, 1.54) is 12.1 Å². The molecule has 0 saturated heterocycles. The predicted molar refractivity (Wildman–Crippen MR) is 76.6 cm³/mol. The molecule has 1 N–H and O–H groups in total. The molecule has 0 atom stereocenters. The smallest absolute Gasteiger partial charge is 0.227 e. The van der Waals surface area contributed by atoms with Gasteiger partial charge in [0, 0.05) is 16.2 Å². The Hall–Kier alpha value is -0.950. The maximum atomic E-state index is 13.0. The average molecular weight is 360 g/mol. The van der Waals surface area contributed by atoms with Gasteiger partial charge in [-0.25, -0.2) is 9.37 Å². The van der Waals surface area contributed by atoms with Crippen molar-refractivity contribution in [2.45, 2.75) is 26.4 Å². The van der Waals surface area contributed by atoms with E-state index in [2.05, 4.69) is 46.7 Å². The van der Waals surface area contributed by atoms with Gasteiger partial charge in [-0.1, -0.05) is 13.8 Å². The highest BCUT2D eigenvalue weighted by molar-refractivity contribution is 14.1. The Morgan fingerprint density at radius 2 is 2.22 bits per heavy atom. The Kier molecular flexibility index (Phi) is 4.34. The molecule has 5 heteroatoms. The first-order valence-electron chi connectivity index (χ1n) is 5.69. The summed E-state index contributed by atoms with van der Waals surface area (Å²) < 4.78 is 19.2. The minimum absolute atomic E-state index is 0.253. The van der Waals surface area contributed by atoms with Crippen LogP contribution in [0.1, 0.15) is 19.5 Å². The standard InChI is InChI=1S/C13H14FIN2O/c1-8(2)16-6-10-7-18-13(17-10)11-4-3-9(14)5-12(11)15/h3-5,7-8,16H,6H2,1-2H3. The van der Waals surface area contributed by atoms with E-state index in [-0.39, 0.29) is 5.82 Å². The molecule has 0 radical (unpaired) electrons. The molecule has 0 spiro atoms. The van der Waals surface area contributed by atoms with Gasteiger partial charge in [-0.05, 0) is 40.8 Å². The van der Waals surface area contributed by atoms with Crippen LogP contribution in [0, 0.1) is 9.39 Å². The number of hydrogen-bond donors (Lipinski definition) is 1. The molecule has 0 bridgehead atoms. The molecule has 96 valence electrons. The zero-order chi connectivity index (χ0) is 13.1. The van der Waals surface area contributed by atoms with Crippen molar-refractivity contribution in [2.24, 2.45) is 0 Å². The van der Waals surface area contributed by atoms with E-state index in [0.717, 1.165) is 14.8 Å². The van der Waals surface area contributed by atoms with Crippen LogP contribution in [0.4, 0.5) is 4.39 Å². The third-order valence-corrected chi connectivity index (χ3v) is 3.30. The minimum Gasteiger partial charge on any atom is -0.444 e. The normalized spacial score (nSPS) is 11.2. The molecule has 18 heavy (non-hydrogen) atoms. The Morgan fingerprint density at radius 1 is 1.44 bits per heavy atom. The van der Waals surface area contributed by atoms with Crippen LogP contribution in [0.25, 0.3) is 11.5 Å². The second-order valence-electron chi connectivity index (χ2n) is 4.30. The van der Waals surface area contributed by atoms with Gasteiger partial charge >= 0.3 is 0 Å². The highest BCUT2D eigenvalue weighted by Crippen LogP contribution is 2.25. The van der Waals surface area contributed by atoms with E-state index >= 15 is 0 Å². The molecule has 3 nitrogen and oxygen atoms in total. The van der Waals surface area contributed by atoms with Gasteiger partial charge < -0.3 is 9.73 Å². The first-order valence-corrected chi connectivity index (χ1v) is 6.77. The summed E-state index contributed by atoms with van der Waals surface area (Å²) in [6.45, 7) is 4.81. The summed E-state index contributed by atoms with van der Waals surface area (Å²) in [5.41, 5.74) is 1.66. The van der Waals surface area contributed by atoms with Crippen LogP contribution in [0.3, 0.4) is 0 Å². The number of aromatic nitrogens is 1. The number of hydrogen-bond acceptors (Lipinski definition) is 3. The molecule has 0 saturated carbocycles. The van der Waals surface area contributed by atoms with Crippen molar-refractivity contribution >= 4 is 22.6 Å². The summed E-state index contributed by atoms with van der Waals surface area (Å²) in [6.07, 6.45) is 1.63. The molecule has 0 unspecified atom stereocenters. The lowest BCUT2D eigenvalue weighted by Gasteiger charge is -2.04. The summed E-state index contributed by atoms with van der Waals surface area (Å²) in [5, 5.41) is 3.27. The fraction of sp³-hybridized carbons (Fsp3) is 0.308. The van der Waals surface area contributed by atoms with Gasteiger partial charge in [0.2, 0.25) is 5.89 Å². The van der Waals surface area contributed by atoms with Gasteiger partial charge in [-0.15, -0.1) is 0 Å². The quantitative estimate of drug-likeness (QED) is 0.847. The lowest BCUT2D eigenvalue weighted by molar-refractivity contribution is 0.559. The largest absolute Gasteiger partial charge is 0.444 e. The number of rotatable bonds is 4. The third-order valence-electron chi connectivity index (χ3n) is 2.40. The fourth-order valence-corrected chi connectivity index (χ4v) is 2.19. The molecule has 2 rings (SSSR count). The summed E-state index contributed by atoms with van der Waals surface area (Å²) in [7, 11) is 0. The molecule has 0 aliphatic heterocycles. The summed E-state index contributed by atoms with van der Waals surface area (Å²) >= 11 is 2.08. The highest BCUT2D eigenvalue weighted by atomic mass is 127. The van der Waals surface area contributed by atoms with Gasteiger partial charge in [0.1, 0.15) is 12.1 Å². The zero-order valence-corrected chi connectivity index (χ0v) is 12.4. The molecule has 1 aromatic heterocycles. The van der Waals surface area contributed by atoms with Gasteiger partial charge in [0.15, 0.2) is 0 Å². The lowest BCUT2D eigenvalue weighted by Crippen LogP contribution is -2.21. The van der Waals surface area contributed by atoms with Crippen LogP contribution in [0.15, 0.2) is 28.9 Å². The molecule has 0 aliphatic carbocycles. The van der Waals surface area contributed by atoms with E-state index < -0.39 is 0 Å². The maximum Gasteiger partial charge on any atom is 0.227 e. The molecule has 1 aromatic carbocycles. The summed E-state index contributed by atoms with van der Waals surface area (Å²) in [6, 6.07) is 4.96. The Labute approximate surface area is 119 Å². The molecule has 0 amide bonds. The van der Waals surface area contributed by atoms with Crippen molar-refractivity contribution < 1.29 is 8.81 Å². The topological polar surface area (TPSA) is 38.1 Å². The Bertz CT molecular complexity index is 540. The molecule has 0 fully saturated rings. The van der Waals surface area contributed by atoms with E-state index in [1.54, 1.807) is 12.3 Å². The second-order valence-corrected chi connectivity index (χ2v) is 5.47. The summed E-state index contributed by atoms with van der Waals surface area (Å²) in [5.74, 6) is 0.274. The average Bonchev–Trinajstić information content (AvgIpc) is 2.75. The van der Waals surface area contributed by atoms with Gasteiger partial charge in [-0.2, -0.15) is 0 Å². The van der Waals surface area contributed by atoms with Gasteiger partial charge in [0.25, 0.3) is 0 Å². The van der Waals surface area contributed by atoms with Crippen molar-refractivity contribution in [1.29, 1.82) is 0 Å². The van der Waals surface area contributed by atoms with Crippen LogP contribution < -0.4 is 5.32 Å². The molecule has 0 aliphatic rings. The van der Waals surface area contributed by atoms with Gasteiger partial charge in [0.05, 0.1) is 11.3 Å². The van der Waals surface area contributed by atoms with Crippen molar-refractivity contribution in [1.82, 2.24) is 10.3 Å². The first kappa shape index (κ1) is 13.5.